The van der Waals surface area contributed by atoms with Gasteiger partial charge in [-0.2, -0.15) is 0 Å². The highest BCUT2D eigenvalue weighted by Crippen LogP contribution is 2.23. The zero-order chi connectivity index (χ0) is 12.3. The average Bonchev–Trinajstić information content (AvgIpc) is 2.77. The summed E-state index contributed by atoms with van der Waals surface area (Å²) in [5.74, 6) is 0.0282. The monoisotopic (exact) mass is 258 g/mol. The second-order valence-electron chi connectivity index (χ2n) is 4.27. The van der Waals surface area contributed by atoms with E-state index >= 15 is 0 Å². The van der Waals surface area contributed by atoms with Crippen molar-refractivity contribution in [2.24, 2.45) is 11.7 Å². The van der Waals surface area contributed by atoms with Gasteiger partial charge in [0, 0.05) is 35.8 Å². The highest BCUT2D eigenvalue weighted by Gasteiger charge is 2.24. The molecule has 2 rings (SSSR count). The molecule has 3 N–H and O–H groups in total. The summed E-state index contributed by atoms with van der Waals surface area (Å²) in [4.78, 5) is 0. The molecule has 1 saturated heterocycles. The molecule has 2 unspecified atom stereocenters. The predicted octanol–water partition coefficient (Wildman–Crippen LogP) is 2.25. The van der Waals surface area contributed by atoms with Gasteiger partial charge in [-0.25, -0.2) is 4.39 Å². The zero-order valence-corrected chi connectivity index (χ0v) is 10.2. The van der Waals surface area contributed by atoms with Gasteiger partial charge >= 0.3 is 0 Å². The van der Waals surface area contributed by atoms with Crippen molar-refractivity contribution in [1.82, 2.24) is 0 Å². The van der Waals surface area contributed by atoms with E-state index in [1.54, 1.807) is 6.07 Å². The highest BCUT2D eigenvalue weighted by molar-refractivity contribution is 6.30. The molecule has 1 aliphatic heterocycles. The van der Waals surface area contributed by atoms with E-state index in [0.29, 0.717) is 29.8 Å². The second-order valence-corrected chi connectivity index (χ2v) is 4.70. The number of hydrogen-bond donors (Lipinski definition) is 2. The maximum Gasteiger partial charge on any atom is 0.126 e. The number of hydrogen-bond acceptors (Lipinski definition) is 3. The van der Waals surface area contributed by atoms with Crippen molar-refractivity contribution < 1.29 is 9.13 Å². The first-order valence-electron chi connectivity index (χ1n) is 5.69. The quantitative estimate of drug-likeness (QED) is 0.871. The van der Waals surface area contributed by atoms with Crippen LogP contribution in [0.5, 0.6) is 0 Å². The maximum atomic E-state index is 13.2. The molecule has 2 atom stereocenters. The molecule has 17 heavy (non-hydrogen) atoms. The van der Waals surface area contributed by atoms with Crippen molar-refractivity contribution in [3.63, 3.8) is 0 Å². The molecule has 3 nitrogen and oxygen atoms in total. The Hall–Kier alpha value is -0.840. The molecule has 0 saturated carbocycles. The minimum absolute atomic E-state index is 0.0929. The fourth-order valence-corrected chi connectivity index (χ4v) is 2.31. The van der Waals surface area contributed by atoms with E-state index in [1.165, 1.54) is 12.1 Å². The van der Waals surface area contributed by atoms with Crippen molar-refractivity contribution in [3.05, 3.63) is 29.0 Å². The molecule has 5 heteroatoms. The minimum Gasteiger partial charge on any atom is -0.381 e. The van der Waals surface area contributed by atoms with Crippen LogP contribution in [-0.2, 0) is 4.74 Å². The molecule has 0 aliphatic carbocycles. The summed E-state index contributed by atoms with van der Waals surface area (Å²) in [6.45, 7) is 1.97. The Balaban J connectivity index is 2.06. The summed E-state index contributed by atoms with van der Waals surface area (Å²) in [6.07, 6.45) is 0.984. The maximum absolute atomic E-state index is 13.2. The molecule has 1 fully saturated rings. The van der Waals surface area contributed by atoms with Crippen LogP contribution >= 0.6 is 11.6 Å². The smallest absolute Gasteiger partial charge is 0.126 e. The normalized spacial score (nSPS) is 21.5. The molecule has 0 radical (unpaired) electrons. The summed E-state index contributed by atoms with van der Waals surface area (Å²) in [5.41, 5.74) is 6.40. The van der Waals surface area contributed by atoms with E-state index in [9.17, 15) is 4.39 Å². The largest absolute Gasteiger partial charge is 0.381 e. The number of ether oxygens (including phenoxy) is 1. The van der Waals surface area contributed by atoms with Gasteiger partial charge in [0.2, 0.25) is 0 Å². The van der Waals surface area contributed by atoms with Gasteiger partial charge in [-0.3, -0.25) is 0 Å². The lowest BCUT2D eigenvalue weighted by atomic mass is 9.99. The van der Waals surface area contributed by atoms with Crippen LogP contribution in [0.15, 0.2) is 18.2 Å². The molecule has 0 spiro atoms. The van der Waals surface area contributed by atoms with E-state index in [0.717, 1.165) is 13.0 Å². The van der Waals surface area contributed by atoms with Gasteiger partial charge in [-0.05, 0) is 24.6 Å². The lowest BCUT2D eigenvalue weighted by molar-refractivity contribution is 0.182. The van der Waals surface area contributed by atoms with Crippen LogP contribution in [0.1, 0.15) is 6.42 Å². The summed E-state index contributed by atoms with van der Waals surface area (Å²) in [5, 5.41) is 3.60. The molecule has 0 bridgehead atoms. The third-order valence-corrected chi connectivity index (χ3v) is 3.22. The Morgan fingerprint density at radius 1 is 1.53 bits per heavy atom. The molecular formula is C12H16ClFN2O. The fraction of sp³-hybridized carbons (Fsp3) is 0.500. The van der Waals surface area contributed by atoms with Crippen molar-refractivity contribution >= 4 is 17.3 Å². The highest BCUT2D eigenvalue weighted by atomic mass is 35.5. The van der Waals surface area contributed by atoms with Gasteiger partial charge in [0.15, 0.2) is 0 Å². The molecule has 1 aromatic carbocycles. The first kappa shape index (κ1) is 12.6. The summed E-state index contributed by atoms with van der Waals surface area (Å²) < 4.78 is 18.5. The number of rotatable bonds is 4. The third-order valence-electron chi connectivity index (χ3n) is 3.00. The van der Waals surface area contributed by atoms with E-state index in [4.69, 9.17) is 22.1 Å². The molecule has 1 aromatic rings. The van der Waals surface area contributed by atoms with Gasteiger partial charge < -0.3 is 15.8 Å². The lowest BCUT2D eigenvalue weighted by Crippen LogP contribution is -2.36. The van der Waals surface area contributed by atoms with Crippen LogP contribution in [0.3, 0.4) is 0 Å². The first-order valence-corrected chi connectivity index (χ1v) is 6.07. The van der Waals surface area contributed by atoms with E-state index in [-0.39, 0.29) is 11.9 Å². The minimum atomic E-state index is -0.349. The van der Waals surface area contributed by atoms with Gasteiger partial charge in [0.05, 0.1) is 6.61 Å². The summed E-state index contributed by atoms with van der Waals surface area (Å²) in [7, 11) is 0. The molecule has 1 aliphatic rings. The summed E-state index contributed by atoms with van der Waals surface area (Å²) in [6, 6.07) is 4.49. The van der Waals surface area contributed by atoms with Crippen LogP contribution in [0, 0.1) is 11.7 Å². The Morgan fingerprint density at radius 2 is 2.35 bits per heavy atom. The van der Waals surface area contributed by atoms with Crippen LogP contribution in [0.4, 0.5) is 10.1 Å². The Kier molecular flexibility index (Phi) is 4.20. The summed E-state index contributed by atoms with van der Waals surface area (Å²) >= 11 is 5.80. The lowest BCUT2D eigenvalue weighted by Gasteiger charge is -2.23. The van der Waals surface area contributed by atoms with E-state index in [2.05, 4.69) is 5.32 Å². The van der Waals surface area contributed by atoms with Crippen LogP contribution < -0.4 is 11.1 Å². The van der Waals surface area contributed by atoms with Crippen LogP contribution in [0.2, 0.25) is 5.02 Å². The Bertz CT molecular complexity index is 363. The number of nitrogens with one attached hydrogen (secondary N) is 1. The average molecular weight is 259 g/mol. The fourth-order valence-electron chi connectivity index (χ4n) is 2.09. The molecule has 94 valence electrons. The van der Waals surface area contributed by atoms with Gasteiger partial charge in [-0.1, -0.05) is 11.6 Å². The van der Waals surface area contributed by atoms with Crippen LogP contribution in [0.25, 0.3) is 0 Å². The number of halogens is 2. The third kappa shape index (κ3) is 3.31. The van der Waals surface area contributed by atoms with Crippen molar-refractivity contribution in [2.75, 3.05) is 25.1 Å². The molecular weight excluding hydrogens is 243 g/mol. The van der Waals surface area contributed by atoms with Crippen molar-refractivity contribution in [2.45, 2.75) is 12.5 Å². The zero-order valence-electron chi connectivity index (χ0n) is 9.46. The molecule has 1 heterocycles. The predicted molar refractivity (Wildman–Crippen MR) is 66.8 cm³/mol. The Morgan fingerprint density at radius 3 is 2.94 bits per heavy atom. The second kappa shape index (κ2) is 5.67. The number of anilines is 1. The molecule has 0 amide bonds. The van der Waals surface area contributed by atoms with Crippen molar-refractivity contribution in [1.29, 1.82) is 0 Å². The van der Waals surface area contributed by atoms with Gasteiger partial charge in [0.25, 0.3) is 0 Å². The van der Waals surface area contributed by atoms with E-state index < -0.39 is 0 Å². The van der Waals surface area contributed by atoms with Gasteiger partial charge in [-0.15, -0.1) is 0 Å². The number of nitrogens with two attached hydrogens (primary N) is 1. The molecule has 0 aromatic heterocycles. The standard InChI is InChI=1S/C12H16ClFN2O/c13-9-3-10(14)5-11(4-9)16-12(6-15)8-1-2-17-7-8/h3-5,8,12,16H,1-2,6-7,15H2. The van der Waals surface area contributed by atoms with Gasteiger partial charge in [0.1, 0.15) is 5.82 Å². The van der Waals surface area contributed by atoms with E-state index in [1.807, 2.05) is 0 Å². The van der Waals surface area contributed by atoms with Crippen LogP contribution in [-0.4, -0.2) is 25.8 Å². The number of benzene rings is 1. The SMILES string of the molecule is NCC(Nc1cc(F)cc(Cl)c1)C1CCOC1. The Labute approximate surface area is 105 Å². The topological polar surface area (TPSA) is 47.3 Å². The first-order chi connectivity index (χ1) is 8.19. The van der Waals surface area contributed by atoms with Crippen molar-refractivity contribution in [3.8, 4) is 0 Å².